The summed E-state index contributed by atoms with van der Waals surface area (Å²) in [6, 6.07) is 11.9. The molecule has 0 saturated heterocycles. The average molecular weight is 434 g/mol. The van der Waals surface area contributed by atoms with Gasteiger partial charge in [-0.05, 0) is 37.6 Å². The third kappa shape index (κ3) is 6.11. The summed E-state index contributed by atoms with van der Waals surface area (Å²) in [6.45, 7) is 3.35. The largest absolute Gasteiger partial charge is 0.481 e. The maximum Gasteiger partial charge on any atom is 0.331 e. The first-order valence-corrected chi connectivity index (χ1v) is 9.63. The molecule has 0 amide bonds. The lowest BCUT2D eigenvalue weighted by Gasteiger charge is -2.23. The van der Waals surface area contributed by atoms with Crippen LogP contribution in [-0.4, -0.2) is 23.1 Å². The van der Waals surface area contributed by atoms with Gasteiger partial charge >= 0.3 is 11.9 Å². The van der Waals surface area contributed by atoms with Gasteiger partial charge in [0.1, 0.15) is 12.0 Å². The molecule has 0 fully saturated rings. The summed E-state index contributed by atoms with van der Waals surface area (Å²) in [4.78, 5) is 24.0. The normalized spacial score (nSPS) is 13.4. The van der Waals surface area contributed by atoms with Crippen LogP contribution < -0.4 is 5.32 Å². The minimum absolute atomic E-state index is 0.396. The van der Waals surface area contributed by atoms with E-state index in [1.165, 1.54) is 12.2 Å². The number of aliphatic carboxylic acids is 1. The number of ether oxygens (including phenoxy) is 1. The van der Waals surface area contributed by atoms with Crippen LogP contribution in [0.15, 0.2) is 66.8 Å². The Kier molecular flexibility index (Phi) is 8.31. The number of para-hydroxylation sites is 2. The van der Waals surface area contributed by atoms with Gasteiger partial charge in [-0.2, -0.15) is 0 Å². The number of benzene rings is 2. The Bertz CT molecular complexity index is 920. The number of carboxylic acids is 1. The van der Waals surface area contributed by atoms with Crippen LogP contribution in [0.3, 0.4) is 0 Å². The van der Waals surface area contributed by atoms with Crippen molar-refractivity contribution in [3.8, 4) is 0 Å². The lowest BCUT2D eigenvalue weighted by molar-refractivity contribution is -0.149. The van der Waals surface area contributed by atoms with E-state index < -0.39 is 24.0 Å². The second kappa shape index (κ2) is 10.7. The molecule has 0 heterocycles. The highest BCUT2D eigenvalue weighted by Gasteiger charge is 2.31. The lowest BCUT2D eigenvalue weighted by Crippen LogP contribution is -2.28. The Morgan fingerprint density at radius 1 is 1.07 bits per heavy atom. The molecule has 29 heavy (non-hydrogen) atoms. The number of hydrogen-bond donors (Lipinski definition) is 2. The second-order valence-electron chi connectivity index (χ2n) is 6.15. The molecule has 0 radical (unpaired) electrons. The SMILES string of the molecule is CC=CC=CC(=O)OC(C)C(C(=O)O)c1ccccc1Nc1c(Cl)cccc1Cl. The quantitative estimate of drug-likeness (QED) is 0.304. The van der Waals surface area contributed by atoms with Gasteiger partial charge in [-0.15, -0.1) is 0 Å². The fraction of sp³-hybridized carbons (Fsp3) is 0.182. The minimum Gasteiger partial charge on any atom is -0.481 e. The van der Waals surface area contributed by atoms with Crippen molar-refractivity contribution in [3.63, 3.8) is 0 Å². The van der Waals surface area contributed by atoms with Crippen LogP contribution in [0, 0.1) is 0 Å². The Hall–Kier alpha value is -2.76. The van der Waals surface area contributed by atoms with Crippen molar-refractivity contribution >= 4 is 46.5 Å². The molecule has 0 aliphatic rings. The van der Waals surface area contributed by atoms with Crippen molar-refractivity contribution in [2.75, 3.05) is 5.32 Å². The lowest BCUT2D eigenvalue weighted by atomic mass is 9.92. The summed E-state index contributed by atoms with van der Waals surface area (Å²) < 4.78 is 5.31. The molecule has 0 bridgehead atoms. The number of carbonyl (C=O) groups excluding carboxylic acids is 1. The fourth-order valence-corrected chi connectivity index (χ4v) is 3.25. The van der Waals surface area contributed by atoms with Gasteiger partial charge in [0.25, 0.3) is 0 Å². The molecule has 2 rings (SSSR count). The number of rotatable bonds is 8. The standard InChI is InChI=1S/C22H21Cl2NO4/c1-3-4-5-13-19(26)29-14(2)20(22(27)28)15-9-6-7-12-18(15)25-21-16(23)10-8-11-17(21)24/h3-14,20,25H,1-2H3,(H,27,28). The van der Waals surface area contributed by atoms with Crippen molar-refractivity contribution in [2.24, 2.45) is 0 Å². The Balaban J connectivity index is 2.34. The summed E-state index contributed by atoms with van der Waals surface area (Å²) in [5.74, 6) is -2.84. The van der Waals surface area contributed by atoms with E-state index in [2.05, 4.69) is 5.32 Å². The van der Waals surface area contributed by atoms with Crippen LogP contribution in [0.2, 0.25) is 10.0 Å². The molecular formula is C22H21Cl2NO4. The van der Waals surface area contributed by atoms with Crippen molar-refractivity contribution < 1.29 is 19.4 Å². The minimum atomic E-state index is -1.12. The number of anilines is 2. The van der Waals surface area contributed by atoms with Crippen LogP contribution in [0.1, 0.15) is 25.3 Å². The molecule has 7 heteroatoms. The number of esters is 1. The number of hydrogen-bond acceptors (Lipinski definition) is 4. The first-order chi connectivity index (χ1) is 13.8. The Labute approximate surface area is 179 Å². The summed E-state index contributed by atoms with van der Waals surface area (Å²) in [6.07, 6.45) is 5.28. The molecule has 0 aliphatic heterocycles. The molecule has 2 aromatic carbocycles. The third-order valence-electron chi connectivity index (χ3n) is 4.09. The van der Waals surface area contributed by atoms with Crippen molar-refractivity contribution in [1.82, 2.24) is 0 Å². The summed E-state index contributed by atoms with van der Waals surface area (Å²) >= 11 is 12.4. The first kappa shape index (κ1) is 22.5. The maximum atomic E-state index is 12.0. The molecular weight excluding hydrogens is 413 g/mol. The van der Waals surface area contributed by atoms with E-state index in [0.717, 1.165) is 0 Å². The highest BCUT2D eigenvalue weighted by Crippen LogP contribution is 2.36. The molecule has 5 nitrogen and oxygen atoms in total. The molecule has 0 aliphatic carbocycles. The monoisotopic (exact) mass is 433 g/mol. The Morgan fingerprint density at radius 2 is 1.72 bits per heavy atom. The van der Waals surface area contributed by atoms with Crippen LogP contribution in [-0.2, 0) is 14.3 Å². The van der Waals surface area contributed by atoms with Crippen LogP contribution in [0.5, 0.6) is 0 Å². The van der Waals surface area contributed by atoms with Crippen molar-refractivity contribution in [1.29, 1.82) is 0 Å². The molecule has 0 saturated carbocycles. The highest BCUT2D eigenvalue weighted by atomic mass is 35.5. The van der Waals surface area contributed by atoms with Gasteiger partial charge in [-0.3, -0.25) is 4.79 Å². The second-order valence-corrected chi connectivity index (χ2v) is 6.97. The van der Waals surface area contributed by atoms with E-state index in [4.69, 9.17) is 27.9 Å². The van der Waals surface area contributed by atoms with E-state index in [9.17, 15) is 14.7 Å². The molecule has 2 unspecified atom stereocenters. The number of halogens is 2. The third-order valence-corrected chi connectivity index (χ3v) is 4.72. The predicted molar refractivity (Wildman–Crippen MR) is 116 cm³/mol. The summed E-state index contributed by atoms with van der Waals surface area (Å²) in [7, 11) is 0. The van der Waals surface area contributed by atoms with E-state index in [-0.39, 0.29) is 0 Å². The van der Waals surface area contributed by atoms with E-state index in [0.29, 0.717) is 27.0 Å². The molecule has 2 N–H and O–H groups in total. The van der Waals surface area contributed by atoms with Gasteiger partial charge in [-0.1, -0.05) is 65.7 Å². The summed E-state index contributed by atoms with van der Waals surface area (Å²) in [5.41, 5.74) is 1.40. The van der Waals surface area contributed by atoms with Gasteiger partial charge < -0.3 is 15.2 Å². The number of allylic oxidation sites excluding steroid dienone is 3. The zero-order chi connectivity index (χ0) is 21.4. The van der Waals surface area contributed by atoms with E-state index in [1.54, 1.807) is 61.5 Å². The van der Waals surface area contributed by atoms with Crippen LogP contribution in [0.4, 0.5) is 11.4 Å². The average Bonchev–Trinajstić information content (AvgIpc) is 2.66. The fourth-order valence-electron chi connectivity index (χ4n) is 2.76. The van der Waals surface area contributed by atoms with Crippen LogP contribution in [0.25, 0.3) is 0 Å². The van der Waals surface area contributed by atoms with Gasteiger partial charge in [-0.25, -0.2) is 4.79 Å². The van der Waals surface area contributed by atoms with E-state index in [1.807, 2.05) is 6.92 Å². The topological polar surface area (TPSA) is 75.6 Å². The molecule has 2 aromatic rings. The predicted octanol–water partition coefficient (Wildman–Crippen LogP) is 5.97. The first-order valence-electron chi connectivity index (χ1n) is 8.88. The number of carboxylic acid groups (broad SMARTS) is 1. The zero-order valence-corrected chi connectivity index (χ0v) is 17.4. The van der Waals surface area contributed by atoms with Gasteiger partial charge in [0.05, 0.1) is 15.7 Å². The van der Waals surface area contributed by atoms with E-state index >= 15 is 0 Å². The number of nitrogens with one attached hydrogen (secondary N) is 1. The van der Waals surface area contributed by atoms with Crippen molar-refractivity contribution in [2.45, 2.75) is 25.9 Å². The Morgan fingerprint density at radius 3 is 2.34 bits per heavy atom. The van der Waals surface area contributed by atoms with Gasteiger partial charge in [0, 0.05) is 11.8 Å². The van der Waals surface area contributed by atoms with Crippen LogP contribution >= 0.6 is 23.2 Å². The smallest absolute Gasteiger partial charge is 0.331 e. The molecule has 152 valence electrons. The maximum absolute atomic E-state index is 12.0. The summed E-state index contributed by atoms with van der Waals surface area (Å²) in [5, 5.41) is 13.7. The highest BCUT2D eigenvalue weighted by molar-refractivity contribution is 6.39. The van der Waals surface area contributed by atoms with Crippen molar-refractivity contribution in [3.05, 3.63) is 82.4 Å². The molecule has 2 atom stereocenters. The van der Waals surface area contributed by atoms with Gasteiger partial charge in [0.2, 0.25) is 0 Å². The molecule has 0 aromatic heterocycles. The number of carbonyl (C=O) groups is 2. The van der Waals surface area contributed by atoms with Gasteiger partial charge in [0.15, 0.2) is 0 Å². The zero-order valence-electron chi connectivity index (χ0n) is 15.9. The molecule has 0 spiro atoms.